The molecule has 2 heterocycles. The Bertz CT molecular complexity index is 1070. The standard InChI is InChI=1S/C20H16Cl2O5/c1-2-3-11-5-20(23)27-16-8-17(15(22)6-13(11)16)24-9-12-4-18-19(7-14(12)21)26-10-25-18/h4-8H,2-3,9-10H2,1H3. The zero-order chi connectivity index (χ0) is 19.0. The van der Waals surface area contributed by atoms with Gasteiger partial charge in [0, 0.05) is 29.1 Å². The van der Waals surface area contributed by atoms with Crippen LogP contribution in [0.15, 0.2) is 39.5 Å². The SMILES string of the molecule is CCCc1cc(=O)oc2cc(OCc3cc4c(cc3Cl)OCO4)c(Cl)cc12. The van der Waals surface area contributed by atoms with Crippen molar-refractivity contribution < 1.29 is 18.6 Å². The quantitative estimate of drug-likeness (QED) is 0.533. The van der Waals surface area contributed by atoms with E-state index in [1.807, 2.05) is 0 Å². The minimum absolute atomic E-state index is 0.172. The largest absolute Gasteiger partial charge is 0.487 e. The second-order valence-corrected chi connectivity index (χ2v) is 7.02. The second kappa shape index (κ2) is 7.33. The van der Waals surface area contributed by atoms with Gasteiger partial charge in [-0.05, 0) is 24.1 Å². The van der Waals surface area contributed by atoms with E-state index in [4.69, 9.17) is 41.8 Å². The lowest BCUT2D eigenvalue weighted by molar-refractivity contribution is 0.174. The van der Waals surface area contributed by atoms with E-state index >= 15 is 0 Å². The highest BCUT2D eigenvalue weighted by atomic mass is 35.5. The molecular weight excluding hydrogens is 391 g/mol. The molecule has 27 heavy (non-hydrogen) atoms. The molecule has 3 aromatic rings. The molecule has 5 nitrogen and oxygen atoms in total. The summed E-state index contributed by atoms with van der Waals surface area (Å²) in [6, 6.07) is 8.38. The molecule has 4 rings (SSSR count). The predicted octanol–water partition coefficient (Wildman–Crippen LogP) is 5.36. The smallest absolute Gasteiger partial charge is 0.336 e. The highest BCUT2D eigenvalue weighted by molar-refractivity contribution is 6.33. The first-order valence-electron chi connectivity index (χ1n) is 8.52. The van der Waals surface area contributed by atoms with Gasteiger partial charge in [0.2, 0.25) is 6.79 Å². The minimum atomic E-state index is -0.391. The minimum Gasteiger partial charge on any atom is -0.487 e. The molecule has 0 fully saturated rings. The maximum absolute atomic E-state index is 11.8. The first-order valence-corrected chi connectivity index (χ1v) is 9.28. The van der Waals surface area contributed by atoms with Crippen molar-refractivity contribution in [2.75, 3.05) is 6.79 Å². The van der Waals surface area contributed by atoms with Crippen molar-refractivity contribution in [3.8, 4) is 17.2 Å². The molecule has 140 valence electrons. The van der Waals surface area contributed by atoms with Crippen LogP contribution in [0.4, 0.5) is 0 Å². The predicted molar refractivity (Wildman–Crippen MR) is 103 cm³/mol. The molecule has 0 unspecified atom stereocenters. The summed E-state index contributed by atoms with van der Waals surface area (Å²) in [6.07, 6.45) is 1.68. The van der Waals surface area contributed by atoms with Crippen molar-refractivity contribution in [3.05, 3.63) is 61.9 Å². The molecular formula is C20H16Cl2O5. The van der Waals surface area contributed by atoms with Gasteiger partial charge in [0.25, 0.3) is 0 Å². The fourth-order valence-electron chi connectivity index (χ4n) is 3.04. The molecule has 0 saturated carbocycles. The van der Waals surface area contributed by atoms with Crippen LogP contribution in [0, 0.1) is 0 Å². The summed E-state index contributed by atoms with van der Waals surface area (Å²) in [5, 5.41) is 1.76. The van der Waals surface area contributed by atoms with Gasteiger partial charge in [0.05, 0.1) is 10.0 Å². The van der Waals surface area contributed by atoms with E-state index in [1.54, 1.807) is 24.3 Å². The summed E-state index contributed by atoms with van der Waals surface area (Å²) in [5.74, 6) is 1.64. The molecule has 2 aromatic carbocycles. The van der Waals surface area contributed by atoms with Crippen LogP contribution in [-0.4, -0.2) is 6.79 Å². The zero-order valence-corrected chi connectivity index (χ0v) is 16.0. The number of fused-ring (bicyclic) bond motifs is 2. The summed E-state index contributed by atoms with van der Waals surface area (Å²) in [7, 11) is 0. The summed E-state index contributed by atoms with van der Waals surface area (Å²) in [4.78, 5) is 11.8. The molecule has 0 saturated heterocycles. The lowest BCUT2D eigenvalue weighted by atomic mass is 10.1. The Morgan fingerprint density at radius 1 is 1.00 bits per heavy atom. The Hall–Kier alpha value is -2.37. The van der Waals surface area contributed by atoms with Gasteiger partial charge in [-0.15, -0.1) is 0 Å². The van der Waals surface area contributed by atoms with Gasteiger partial charge in [-0.25, -0.2) is 4.79 Å². The fourth-order valence-corrected chi connectivity index (χ4v) is 3.47. The Kier molecular flexibility index (Phi) is 4.89. The van der Waals surface area contributed by atoms with Gasteiger partial charge in [0.15, 0.2) is 11.5 Å². The van der Waals surface area contributed by atoms with E-state index in [1.165, 1.54) is 6.07 Å². The Morgan fingerprint density at radius 3 is 2.56 bits per heavy atom. The zero-order valence-electron chi connectivity index (χ0n) is 14.5. The van der Waals surface area contributed by atoms with Crippen LogP contribution in [0.3, 0.4) is 0 Å². The monoisotopic (exact) mass is 406 g/mol. The van der Waals surface area contributed by atoms with Crippen molar-refractivity contribution >= 4 is 34.2 Å². The van der Waals surface area contributed by atoms with Crippen LogP contribution in [0.2, 0.25) is 10.0 Å². The number of halogens is 2. The van der Waals surface area contributed by atoms with E-state index in [9.17, 15) is 4.79 Å². The maximum Gasteiger partial charge on any atom is 0.336 e. The van der Waals surface area contributed by atoms with Crippen molar-refractivity contribution in [1.82, 2.24) is 0 Å². The van der Waals surface area contributed by atoms with Crippen LogP contribution >= 0.6 is 23.2 Å². The number of ether oxygens (including phenoxy) is 3. The average Bonchev–Trinajstić information content (AvgIpc) is 3.07. The number of aryl methyl sites for hydroxylation is 1. The normalized spacial score (nSPS) is 12.6. The van der Waals surface area contributed by atoms with E-state index in [0.717, 1.165) is 29.4 Å². The highest BCUT2D eigenvalue weighted by Crippen LogP contribution is 2.38. The van der Waals surface area contributed by atoms with E-state index < -0.39 is 5.63 Å². The molecule has 0 aliphatic carbocycles. The van der Waals surface area contributed by atoms with Crippen molar-refractivity contribution in [2.24, 2.45) is 0 Å². The van der Waals surface area contributed by atoms with Crippen LogP contribution in [0.5, 0.6) is 17.2 Å². The molecule has 1 aromatic heterocycles. The van der Waals surface area contributed by atoms with E-state index in [0.29, 0.717) is 32.9 Å². The fraction of sp³-hybridized carbons (Fsp3) is 0.250. The first-order chi connectivity index (χ1) is 13.0. The van der Waals surface area contributed by atoms with Crippen LogP contribution in [0.1, 0.15) is 24.5 Å². The molecule has 1 aliphatic heterocycles. The molecule has 7 heteroatoms. The maximum atomic E-state index is 11.8. The molecule has 0 spiro atoms. The molecule has 0 radical (unpaired) electrons. The van der Waals surface area contributed by atoms with Crippen molar-refractivity contribution in [3.63, 3.8) is 0 Å². The van der Waals surface area contributed by atoms with Gasteiger partial charge >= 0.3 is 5.63 Å². The summed E-state index contributed by atoms with van der Waals surface area (Å²) in [5.41, 5.74) is 1.70. The summed E-state index contributed by atoms with van der Waals surface area (Å²) >= 11 is 12.7. The summed E-state index contributed by atoms with van der Waals surface area (Å²) in [6.45, 7) is 2.40. The molecule has 0 bridgehead atoms. The third kappa shape index (κ3) is 3.57. The second-order valence-electron chi connectivity index (χ2n) is 6.21. The number of benzene rings is 2. The lowest BCUT2D eigenvalue weighted by Crippen LogP contribution is -2.02. The first kappa shape index (κ1) is 18.0. The van der Waals surface area contributed by atoms with Crippen molar-refractivity contribution in [2.45, 2.75) is 26.4 Å². The Morgan fingerprint density at radius 2 is 1.78 bits per heavy atom. The van der Waals surface area contributed by atoms with Crippen molar-refractivity contribution in [1.29, 1.82) is 0 Å². The topological polar surface area (TPSA) is 57.9 Å². The number of hydrogen-bond acceptors (Lipinski definition) is 5. The summed E-state index contributed by atoms with van der Waals surface area (Å²) < 4.78 is 21.8. The molecule has 0 atom stereocenters. The van der Waals surface area contributed by atoms with Gasteiger partial charge in [-0.3, -0.25) is 0 Å². The highest BCUT2D eigenvalue weighted by Gasteiger charge is 2.17. The van der Waals surface area contributed by atoms with Crippen LogP contribution in [0.25, 0.3) is 11.0 Å². The van der Waals surface area contributed by atoms with E-state index in [2.05, 4.69) is 6.92 Å². The lowest BCUT2D eigenvalue weighted by Gasteiger charge is -2.12. The van der Waals surface area contributed by atoms with Gasteiger partial charge in [-0.2, -0.15) is 0 Å². The van der Waals surface area contributed by atoms with Gasteiger partial charge < -0.3 is 18.6 Å². The Balaban J connectivity index is 1.65. The third-order valence-corrected chi connectivity index (χ3v) is 4.97. The number of rotatable bonds is 5. The van der Waals surface area contributed by atoms with E-state index in [-0.39, 0.29) is 13.4 Å². The van der Waals surface area contributed by atoms with Gasteiger partial charge in [-0.1, -0.05) is 36.5 Å². The third-order valence-electron chi connectivity index (χ3n) is 4.33. The molecule has 0 N–H and O–H groups in total. The van der Waals surface area contributed by atoms with Crippen LogP contribution < -0.4 is 19.8 Å². The van der Waals surface area contributed by atoms with Gasteiger partial charge in [0.1, 0.15) is 17.9 Å². The molecule has 0 amide bonds. The molecule has 1 aliphatic rings. The number of hydrogen-bond donors (Lipinski definition) is 0. The van der Waals surface area contributed by atoms with Crippen LogP contribution in [-0.2, 0) is 13.0 Å². The average molecular weight is 407 g/mol. The Labute approximate surface area is 165 Å².